The van der Waals surface area contributed by atoms with E-state index in [9.17, 15) is 4.79 Å². The van der Waals surface area contributed by atoms with Gasteiger partial charge in [0, 0.05) is 16.7 Å². The van der Waals surface area contributed by atoms with Crippen LogP contribution in [0, 0.1) is 13.8 Å². The van der Waals surface area contributed by atoms with Gasteiger partial charge in [0.25, 0.3) is 5.91 Å². The quantitative estimate of drug-likeness (QED) is 0.641. The van der Waals surface area contributed by atoms with E-state index >= 15 is 0 Å². The molecular formula is C16H16BrCl2N3O. The van der Waals surface area contributed by atoms with Gasteiger partial charge in [-0.25, -0.2) is 9.97 Å². The molecule has 0 atom stereocenters. The van der Waals surface area contributed by atoms with E-state index in [1.807, 2.05) is 32.9 Å². The first-order chi connectivity index (χ1) is 10.9. The number of rotatable bonds is 4. The van der Waals surface area contributed by atoms with Crippen LogP contribution in [0.1, 0.15) is 34.8 Å². The van der Waals surface area contributed by atoms with Crippen molar-refractivity contribution in [2.45, 2.75) is 27.2 Å². The highest BCUT2D eigenvalue weighted by atomic mass is 79.9. The molecule has 0 radical (unpaired) electrons. The average Bonchev–Trinajstić information content (AvgIpc) is 2.49. The van der Waals surface area contributed by atoms with E-state index < -0.39 is 0 Å². The van der Waals surface area contributed by atoms with Crippen LogP contribution in [0.5, 0.6) is 0 Å². The molecule has 0 N–H and O–H groups in total. The lowest BCUT2D eigenvalue weighted by Crippen LogP contribution is -2.32. The Hall–Kier alpha value is -1.17. The van der Waals surface area contributed by atoms with Gasteiger partial charge in [-0.3, -0.25) is 4.79 Å². The molecule has 2 rings (SSSR count). The van der Waals surface area contributed by atoms with Crippen LogP contribution in [0.4, 0.5) is 5.69 Å². The number of amides is 1. The monoisotopic (exact) mass is 415 g/mol. The fraction of sp³-hybridized carbons (Fsp3) is 0.312. The van der Waals surface area contributed by atoms with Crippen LogP contribution in [0.3, 0.4) is 0 Å². The molecule has 0 aliphatic carbocycles. The fourth-order valence-electron chi connectivity index (χ4n) is 2.31. The van der Waals surface area contributed by atoms with E-state index in [0.717, 1.165) is 27.7 Å². The van der Waals surface area contributed by atoms with Crippen LogP contribution in [0.2, 0.25) is 10.3 Å². The van der Waals surface area contributed by atoms with Gasteiger partial charge in [-0.15, -0.1) is 0 Å². The molecule has 0 unspecified atom stereocenters. The summed E-state index contributed by atoms with van der Waals surface area (Å²) in [6.07, 6.45) is 2.03. The van der Waals surface area contributed by atoms with Gasteiger partial charge in [0.05, 0.1) is 0 Å². The van der Waals surface area contributed by atoms with Crippen molar-refractivity contribution in [1.29, 1.82) is 0 Å². The summed E-state index contributed by atoms with van der Waals surface area (Å²) in [6, 6.07) is 3.91. The highest BCUT2D eigenvalue weighted by Crippen LogP contribution is 2.30. The molecule has 0 saturated heterocycles. The van der Waals surface area contributed by atoms with Crippen molar-refractivity contribution >= 4 is 50.7 Å². The molecule has 122 valence electrons. The number of aromatic nitrogens is 2. The molecule has 23 heavy (non-hydrogen) atoms. The van der Waals surface area contributed by atoms with Gasteiger partial charge in [-0.1, -0.05) is 46.1 Å². The maximum absolute atomic E-state index is 12.9. The molecule has 1 aromatic carbocycles. The smallest absolute Gasteiger partial charge is 0.264 e. The summed E-state index contributed by atoms with van der Waals surface area (Å²) >= 11 is 15.6. The predicted octanol–water partition coefficient (Wildman–Crippen LogP) is 5.22. The Kier molecular flexibility index (Phi) is 6.00. The third kappa shape index (κ3) is 3.84. The largest absolute Gasteiger partial charge is 0.308 e. The topological polar surface area (TPSA) is 46.1 Å². The lowest BCUT2D eigenvalue weighted by atomic mass is 10.1. The Morgan fingerprint density at radius 1 is 1.17 bits per heavy atom. The molecular weight excluding hydrogens is 401 g/mol. The van der Waals surface area contributed by atoms with Gasteiger partial charge < -0.3 is 4.90 Å². The molecule has 0 aliphatic heterocycles. The number of carbonyl (C=O) groups excluding carboxylic acids is 1. The van der Waals surface area contributed by atoms with Crippen molar-refractivity contribution in [2.75, 3.05) is 11.4 Å². The van der Waals surface area contributed by atoms with Gasteiger partial charge in [-0.05, 0) is 43.5 Å². The lowest BCUT2D eigenvalue weighted by molar-refractivity contribution is 0.0986. The Morgan fingerprint density at radius 2 is 1.70 bits per heavy atom. The molecule has 0 spiro atoms. The second kappa shape index (κ2) is 7.60. The molecule has 4 nitrogen and oxygen atoms in total. The van der Waals surface area contributed by atoms with Crippen molar-refractivity contribution in [3.63, 3.8) is 0 Å². The van der Waals surface area contributed by atoms with Crippen molar-refractivity contribution in [2.24, 2.45) is 0 Å². The molecule has 1 amide bonds. The normalized spacial score (nSPS) is 10.7. The van der Waals surface area contributed by atoms with Crippen LogP contribution in [0.15, 0.2) is 22.9 Å². The van der Waals surface area contributed by atoms with E-state index in [1.165, 1.54) is 6.33 Å². The first-order valence-corrected chi connectivity index (χ1v) is 8.66. The van der Waals surface area contributed by atoms with Crippen molar-refractivity contribution in [3.05, 3.63) is 49.9 Å². The highest BCUT2D eigenvalue weighted by Gasteiger charge is 2.24. The standard InChI is InChI=1S/C16H16BrCl2N3O/c1-4-5-22(11-6-9(2)13(17)10(3)7-11)16(23)12-14(18)20-8-21-15(12)19/h6-8H,4-5H2,1-3H3. The Morgan fingerprint density at radius 3 is 2.17 bits per heavy atom. The molecule has 0 fully saturated rings. The molecule has 0 bridgehead atoms. The minimum atomic E-state index is -0.302. The number of aryl methyl sites for hydroxylation is 2. The lowest BCUT2D eigenvalue weighted by Gasteiger charge is -2.24. The van der Waals surface area contributed by atoms with E-state index in [4.69, 9.17) is 23.2 Å². The molecule has 1 aromatic heterocycles. The van der Waals surface area contributed by atoms with Crippen LogP contribution < -0.4 is 4.90 Å². The van der Waals surface area contributed by atoms with E-state index in [0.29, 0.717) is 6.54 Å². The van der Waals surface area contributed by atoms with Crippen molar-refractivity contribution in [3.8, 4) is 0 Å². The number of benzene rings is 1. The first kappa shape index (κ1) is 18.2. The number of carbonyl (C=O) groups is 1. The fourth-order valence-corrected chi connectivity index (χ4v) is 3.01. The minimum Gasteiger partial charge on any atom is -0.308 e. The Bertz CT molecular complexity index is 709. The summed E-state index contributed by atoms with van der Waals surface area (Å²) in [5, 5.41) is 0.114. The number of hydrogen-bond acceptors (Lipinski definition) is 3. The number of hydrogen-bond donors (Lipinski definition) is 0. The summed E-state index contributed by atoms with van der Waals surface area (Å²) in [6.45, 7) is 6.52. The van der Waals surface area contributed by atoms with Crippen LogP contribution in [-0.4, -0.2) is 22.4 Å². The number of anilines is 1. The second-order valence-corrected chi connectivity index (χ2v) is 6.69. The predicted molar refractivity (Wildman–Crippen MR) is 97.6 cm³/mol. The molecule has 0 saturated carbocycles. The Labute approximate surface area is 154 Å². The maximum Gasteiger partial charge on any atom is 0.264 e. The molecule has 1 heterocycles. The van der Waals surface area contributed by atoms with Gasteiger partial charge >= 0.3 is 0 Å². The zero-order valence-corrected chi connectivity index (χ0v) is 16.1. The van der Waals surface area contributed by atoms with Crippen LogP contribution in [0.25, 0.3) is 0 Å². The SMILES string of the molecule is CCCN(C(=O)c1c(Cl)ncnc1Cl)c1cc(C)c(Br)c(C)c1. The summed E-state index contributed by atoms with van der Waals surface area (Å²) in [5.74, 6) is -0.302. The second-order valence-electron chi connectivity index (χ2n) is 5.18. The molecule has 7 heteroatoms. The summed E-state index contributed by atoms with van der Waals surface area (Å²) in [7, 11) is 0. The maximum atomic E-state index is 12.9. The molecule has 2 aromatic rings. The summed E-state index contributed by atoms with van der Waals surface area (Å²) in [4.78, 5) is 22.3. The van der Waals surface area contributed by atoms with Crippen LogP contribution in [-0.2, 0) is 0 Å². The van der Waals surface area contributed by atoms with E-state index in [2.05, 4.69) is 25.9 Å². The van der Waals surface area contributed by atoms with E-state index in [-0.39, 0.29) is 21.8 Å². The van der Waals surface area contributed by atoms with Gasteiger partial charge in [0.1, 0.15) is 22.2 Å². The van der Waals surface area contributed by atoms with Crippen molar-refractivity contribution < 1.29 is 4.79 Å². The molecule has 0 aliphatic rings. The third-order valence-corrected chi connectivity index (χ3v) is 5.22. The highest BCUT2D eigenvalue weighted by molar-refractivity contribution is 9.10. The van der Waals surface area contributed by atoms with Crippen LogP contribution >= 0.6 is 39.1 Å². The summed E-state index contributed by atoms with van der Waals surface area (Å²) in [5.41, 5.74) is 3.03. The number of halogens is 3. The van der Waals surface area contributed by atoms with Gasteiger partial charge in [0.2, 0.25) is 0 Å². The number of nitrogens with zero attached hydrogens (tertiary/aromatic N) is 3. The zero-order chi connectivity index (χ0) is 17.1. The third-order valence-electron chi connectivity index (χ3n) is 3.39. The average molecular weight is 417 g/mol. The van der Waals surface area contributed by atoms with Gasteiger partial charge in [0.15, 0.2) is 0 Å². The van der Waals surface area contributed by atoms with Gasteiger partial charge in [-0.2, -0.15) is 0 Å². The van der Waals surface area contributed by atoms with Crippen molar-refractivity contribution in [1.82, 2.24) is 9.97 Å². The first-order valence-electron chi connectivity index (χ1n) is 7.11. The Balaban J connectivity index is 2.52. The minimum absolute atomic E-state index is 0.0571. The zero-order valence-electron chi connectivity index (χ0n) is 13.0. The van der Waals surface area contributed by atoms with E-state index in [1.54, 1.807) is 4.90 Å². The summed E-state index contributed by atoms with van der Waals surface area (Å²) < 4.78 is 1.03.